The van der Waals surface area contributed by atoms with Gasteiger partial charge in [-0.1, -0.05) is 43.3 Å². The van der Waals surface area contributed by atoms with E-state index in [1.807, 2.05) is 43.3 Å². The van der Waals surface area contributed by atoms with Gasteiger partial charge in [-0.2, -0.15) is 0 Å². The SMILES string of the molecule is CCCOc1ccc(C2=C(N3CCc4ccccc4C3)C(=O)N(CC)C2=O)cc1. The summed E-state index contributed by atoms with van der Waals surface area (Å²) < 4.78 is 5.66. The molecule has 2 aromatic rings. The molecule has 0 atom stereocenters. The number of likely N-dealkylation sites (N-methyl/N-ethyl adjacent to an activating group) is 1. The standard InChI is InChI=1S/C24H26N2O3/c1-3-15-29-20-11-9-18(10-12-20)21-22(24(28)26(4-2)23(21)27)25-14-13-17-7-5-6-8-19(17)16-25/h5-12H,3-4,13-16H2,1-2H3. The average Bonchev–Trinajstić information content (AvgIpc) is 3.01. The third kappa shape index (κ3) is 3.53. The largest absolute Gasteiger partial charge is 0.494 e. The molecule has 150 valence electrons. The summed E-state index contributed by atoms with van der Waals surface area (Å²) in [7, 11) is 0. The molecule has 2 amide bonds. The number of nitrogens with zero attached hydrogens (tertiary/aromatic N) is 2. The topological polar surface area (TPSA) is 49.9 Å². The van der Waals surface area contributed by atoms with Gasteiger partial charge in [-0.05, 0) is 48.6 Å². The molecule has 0 aromatic heterocycles. The number of benzene rings is 2. The van der Waals surface area contributed by atoms with Crippen LogP contribution in [0.5, 0.6) is 5.75 Å². The number of amides is 2. The Morgan fingerprint density at radius 3 is 2.34 bits per heavy atom. The van der Waals surface area contributed by atoms with Crippen LogP contribution < -0.4 is 4.74 Å². The van der Waals surface area contributed by atoms with Crippen LogP contribution >= 0.6 is 0 Å². The summed E-state index contributed by atoms with van der Waals surface area (Å²) in [5.74, 6) is 0.362. The molecule has 5 heteroatoms. The van der Waals surface area contributed by atoms with E-state index < -0.39 is 0 Å². The van der Waals surface area contributed by atoms with Gasteiger partial charge in [-0.3, -0.25) is 14.5 Å². The van der Waals surface area contributed by atoms with E-state index in [9.17, 15) is 9.59 Å². The molecule has 2 aliphatic heterocycles. The van der Waals surface area contributed by atoms with E-state index in [2.05, 4.69) is 24.0 Å². The number of carbonyl (C=O) groups is 2. The molecule has 2 heterocycles. The highest BCUT2D eigenvalue weighted by Gasteiger charge is 2.41. The lowest BCUT2D eigenvalue weighted by atomic mass is 9.98. The zero-order valence-corrected chi connectivity index (χ0v) is 17.0. The van der Waals surface area contributed by atoms with Crippen LogP contribution in [0.1, 0.15) is 37.0 Å². The van der Waals surface area contributed by atoms with Gasteiger partial charge in [0.1, 0.15) is 11.4 Å². The molecule has 0 aliphatic carbocycles. The van der Waals surface area contributed by atoms with Gasteiger partial charge in [0.2, 0.25) is 0 Å². The van der Waals surface area contributed by atoms with Gasteiger partial charge in [0.25, 0.3) is 11.8 Å². The van der Waals surface area contributed by atoms with Crippen LogP contribution in [0.4, 0.5) is 0 Å². The van der Waals surface area contributed by atoms with Crippen LogP contribution in [0.15, 0.2) is 54.2 Å². The fourth-order valence-electron chi connectivity index (χ4n) is 4.03. The van der Waals surface area contributed by atoms with Crippen molar-refractivity contribution in [3.05, 3.63) is 70.9 Å². The summed E-state index contributed by atoms with van der Waals surface area (Å²) in [5.41, 5.74) is 4.31. The first-order chi connectivity index (χ1) is 14.1. The molecule has 2 aliphatic rings. The van der Waals surface area contributed by atoms with Gasteiger partial charge in [-0.25, -0.2) is 0 Å². The fraction of sp³-hybridized carbons (Fsp3) is 0.333. The van der Waals surface area contributed by atoms with Crippen molar-refractivity contribution in [3.8, 4) is 5.75 Å². The molecule has 0 unspecified atom stereocenters. The van der Waals surface area contributed by atoms with Gasteiger partial charge in [0.05, 0.1) is 12.2 Å². The number of imide groups is 1. The van der Waals surface area contributed by atoms with Crippen LogP contribution in [0.25, 0.3) is 5.57 Å². The quantitative estimate of drug-likeness (QED) is 0.707. The molecule has 0 saturated heterocycles. The first kappa shape index (κ1) is 19.2. The highest BCUT2D eigenvalue weighted by atomic mass is 16.5. The highest BCUT2D eigenvalue weighted by Crippen LogP contribution is 2.34. The lowest BCUT2D eigenvalue weighted by molar-refractivity contribution is -0.137. The second-order valence-corrected chi connectivity index (χ2v) is 7.39. The number of carbonyl (C=O) groups excluding carboxylic acids is 2. The molecular weight excluding hydrogens is 364 g/mol. The van der Waals surface area contributed by atoms with Gasteiger partial charge in [0.15, 0.2) is 0 Å². The summed E-state index contributed by atoms with van der Waals surface area (Å²) in [6, 6.07) is 15.8. The minimum Gasteiger partial charge on any atom is -0.494 e. The molecule has 0 spiro atoms. The molecule has 5 nitrogen and oxygen atoms in total. The molecular formula is C24H26N2O3. The molecule has 2 aromatic carbocycles. The van der Waals surface area contributed by atoms with E-state index >= 15 is 0 Å². The Bertz CT molecular complexity index is 962. The minimum atomic E-state index is -0.214. The van der Waals surface area contributed by atoms with Crippen molar-refractivity contribution in [2.24, 2.45) is 0 Å². The fourth-order valence-corrected chi connectivity index (χ4v) is 4.03. The first-order valence-electron chi connectivity index (χ1n) is 10.3. The Hall–Kier alpha value is -3.08. The number of rotatable bonds is 6. The Kier molecular flexibility index (Phi) is 5.38. The molecule has 0 saturated carbocycles. The molecule has 0 bridgehead atoms. The average molecular weight is 390 g/mol. The summed E-state index contributed by atoms with van der Waals surface area (Å²) in [4.78, 5) is 29.6. The molecule has 29 heavy (non-hydrogen) atoms. The molecule has 0 fully saturated rings. The highest BCUT2D eigenvalue weighted by molar-refractivity contribution is 6.35. The van der Waals surface area contributed by atoms with Crippen molar-refractivity contribution in [1.82, 2.24) is 9.80 Å². The van der Waals surface area contributed by atoms with Crippen LogP contribution in [0, 0.1) is 0 Å². The minimum absolute atomic E-state index is 0.196. The maximum absolute atomic E-state index is 13.1. The van der Waals surface area contributed by atoms with Crippen molar-refractivity contribution in [1.29, 1.82) is 0 Å². The van der Waals surface area contributed by atoms with Crippen LogP contribution in [0.3, 0.4) is 0 Å². The predicted octanol–water partition coefficient (Wildman–Crippen LogP) is 3.63. The Morgan fingerprint density at radius 1 is 0.931 bits per heavy atom. The zero-order valence-electron chi connectivity index (χ0n) is 17.0. The van der Waals surface area contributed by atoms with E-state index in [0.717, 1.165) is 30.7 Å². The van der Waals surface area contributed by atoms with Gasteiger partial charge < -0.3 is 9.64 Å². The summed E-state index contributed by atoms with van der Waals surface area (Å²) in [6.45, 7) is 6.29. The maximum atomic E-state index is 13.1. The van der Waals surface area contributed by atoms with E-state index in [1.54, 1.807) is 0 Å². The monoisotopic (exact) mass is 390 g/mol. The third-order valence-corrected chi connectivity index (χ3v) is 5.52. The summed E-state index contributed by atoms with van der Waals surface area (Å²) in [5, 5.41) is 0. The van der Waals surface area contributed by atoms with Crippen molar-refractivity contribution < 1.29 is 14.3 Å². The number of hydrogen-bond donors (Lipinski definition) is 0. The van der Waals surface area contributed by atoms with Crippen molar-refractivity contribution in [2.45, 2.75) is 33.2 Å². The van der Waals surface area contributed by atoms with Crippen LogP contribution in [0.2, 0.25) is 0 Å². The Labute approximate surface area is 171 Å². The predicted molar refractivity (Wildman–Crippen MR) is 112 cm³/mol. The van der Waals surface area contributed by atoms with Crippen LogP contribution in [-0.4, -0.2) is 41.3 Å². The van der Waals surface area contributed by atoms with E-state index in [0.29, 0.717) is 31.0 Å². The number of hydrogen-bond acceptors (Lipinski definition) is 4. The Morgan fingerprint density at radius 2 is 1.66 bits per heavy atom. The van der Waals surface area contributed by atoms with Crippen LogP contribution in [-0.2, 0) is 22.6 Å². The third-order valence-electron chi connectivity index (χ3n) is 5.52. The lowest BCUT2D eigenvalue weighted by Gasteiger charge is -2.31. The Balaban J connectivity index is 1.72. The number of fused-ring (bicyclic) bond motifs is 1. The second kappa shape index (κ2) is 8.11. The van der Waals surface area contributed by atoms with Crippen molar-refractivity contribution in [2.75, 3.05) is 19.7 Å². The van der Waals surface area contributed by atoms with Gasteiger partial charge in [-0.15, -0.1) is 0 Å². The molecule has 0 N–H and O–H groups in total. The smallest absolute Gasteiger partial charge is 0.277 e. The van der Waals surface area contributed by atoms with Gasteiger partial charge >= 0.3 is 0 Å². The van der Waals surface area contributed by atoms with Crippen molar-refractivity contribution in [3.63, 3.8) is 0 Å². The summed E-state index contributed by atoms with van der Waals surface area (Å²) in [6.07, 6.45) is 1.80. The van der Waals surface area contributed by atoms with Gasteiger partial charge in [0, 0.05) is 19.6 Å². The normalized spacial score (nSPS) is 16.5. The maximum Gasteiger partial charge on any atom is 0.277 e. The zero-order chi connectivity index (χ0) is 20.4. The van der Waals surface area contributed by atoms with Crippen molar-refractivity contribution >= 4 is 17.4 Å². The van der Waals surface area contributed by atoms with E-state index in [-0.39, 0.29) is 11.8 Å². The van der Waals surface area contributed by atoms with E-state index in [4.69, 9.17) is 4.74 Å². The van der Waals surface area contributed by atoms with E-state index in [1.165, 1.54) is 16.0 Å². The molecule has 0 radical (unpaired) electrons. The molecule has 4 rings (SSSR count). The summed E-state index contributed by atoms with van der Waals surface area (Å²) >= 11 is 0. The second-order valence-electron chi connectivity index (χ2n) is 7.39. The first-order valence-corrected chi connectivity index (χ1v) is 10.3. The number of ether oxygens (including phenoxy) is 1. The lowest BCUT2D eigenvalue weighted by Crippen LogP contribution is -2.37.